The van der Waals surface area contributed by atoms with Gasteiger partial charge in [-0.25, -0.2) is 0 Å². The lowest BCUT2D eigenvalue weighted by atomic mass is 9.78. The van der Waals surface area contributed by atoms with Gasteiger partial charge in [0.2, 0.25) is 0 Å². The summed E-state index contributed by atoms with van der Waals surface area (Å²) in [6, 6.07) is 16.6. The summed E-state index contributed by atoms with van der Waals surface area (Å²) in [6.45, 7) is 7.75. The molecule has 2 aliphatic heterocycles. The van der Waals surface area contributed by atoms with Gasteiger partial charge in [-0.2, -0.15) is 0 Å². The summed E-state index contributed by atoms with van der Waals surface area (Å²) in [4.78, 5) is 2.57. The average molecular weight is 404 g/mol. The van der Waals surface area contributed by atoms with Crippen molar-refractivity contribution in [1.82, 2.24) is 0 Å². The third-order valence-corrected chi connectivity index (χ3v) is 7.93. The largest absolute Gasteiger partial charge is 0.375 e. The van der Waals surface area contributed by atoms with Crippen LogP contribution in [0.5, 0.6) is 0 Å². The molecule has 2 aromatic carbocycles. The highest BCUT2D eigenvalue weighted by Gasteiger charge is 2.42. The second-order valence-corrected chi connectivity index (χ2v) is 10.1. The maximum atomic E-state index is 6.34. The number of piperidine rings is 1. The van der Waals surface area contributed by atoms with E-state index < -0.39 is 0 Å². The molecule has 3 aliphatic rings. The van der Waals surface area contributed by atoms with E-state index in [2.05, 4.69) is 61.2 Å². The van der Waals surface area contributed by atoms with Crippen molar-refractivity contribution in [2.75, 3.05) is 24.6 Å². The quantitative estimate of drug-likeness (QED) is 0.567. The summed E-state index contributed by atoms with van der Waals surface area (Å²) in [6.07, 6.45) is 10.1. The fourth-order valence-corrected chi connectivity index (χ4v) is 6.26. The molecule has 160 valence electrons. The Morgan fingerprint density at radius 1 is 1.07 bits per heavy atom. The monoisotopic (exact) mass is 403 g/mol. The number of benzene rings is 2. The SMILES string of the molecule is CCC[C@@H]1COC2(CCN(c3ccc([C@@H]4CCCc5cc(C)ccc54)cc3)CC2)C1. The number of hydrogen-bond donors (Lipinski definition) is 0. The van der Waals surface area contributed by atoms with Crippen LogP contribution in [0.2, 0.25) is 0 Å². The van der Waals surface area contributed by atoms with Gasteiger partial charge in [-0.05, 0) is 86.6 Å². The Morgan fingerprint density at radius 2 is 1.87 bits per heavy atom. The lowest BCUT2D eigenvalue weighted by molar-refractivity contribution is -0.0153. The first-order chi connectivity index (χ1) is 14.7. The molecule has 0 aromatic heterocycles. The van der Waals surface area contributed by atoms with Crippen LogP contribution in [0.3, 0.4) is 0 Å². The molecule has 0 saturated carbocycles. The topological polar surface area (TPSA) is 12.5 Å². The van der Waals surface area contributed by atoms with E-state index >= 15 is 0 Å². The zero-order valence-corrected chi connectivity index (χ0v) is 18.8. The third-order valence-electron chi connectivity index (χ3n) is 7.93. The van der Waals surface area contributed by atoms with Gasteiger partial charge in [0.25, 0.3) is 0 Å². The van der Waals surface area contributed by atoms with Crippen molar-refractivity contribution in [2.45, 2.75) is 76.7 Å². The minimum atomic E-state index is 0.181. The highest BCUT2D eigenvalue weighted by Crippen LogP contribution is 2.41. The highest BCUT2D eigenvalue weighted by molar-refractivity contribution is 5.51. The van der Waals surface area contributed by atoms with Crippen LogP contribution < -0.4 is 4.90 Å². The van der Waals surface area contributed by atoms with Gasteiger partial charge in [0.05, 0.1) is 12.2 Å². The molecule has 2 atom stereocenters. The van der Waals surface area contributed by atoms with E-state index in [1.54, 1.807) is 11.1 Å². The van der Waals surface area contributed by atoms with Crippen molar-refractivity contribution in [1.29, 1.82) is 0 Å². The highest BCUT2D eigenvalue weighted by atomic mass is 16.5. The van der Waals surface area contributed by atoms with Crippen LogP contribution in [0, 0.1) is 12.8 Å². The molecule has 0 amide bonds. The Hall–Kier alpha value is -1.80. The molecule has 0 radical (unpaired) electrons. The van der Waals surface area contributed by atoms with Gasteiger partial charge in [-0.3, -0.25) is 0 Å². The van der Waals surface area contributed by atoms with Crippen LogP contribution in [-0.2, 0) is 11.2 Å². The summed E-state index contributed by atoms with van der Waals surface area (Å²) in [5, 5.41) is 0. The molecule has 2 saturated heterocycles. The van der Waals surface area contributed by atoms with Crippen LogP contribution in [0.4, 0.5) is 5.69 Å². The van der Waals surface area contributed by atoms with Crippen molar-refractivity contribution in [3.05, 3.63) is 64.7 Å². The van der Waals surface area contributed by atoms with Crippen molar-refractivity contribution in [3.63, 3.8) is 0 Å². The Morgan fingerprint density at radius 3 is 2.63 bits per heavy atom. The number of aryl methyl sites for hydroxylation is 2. The molecule has 2 nitrogen and oxygen atoms in total. The summed E-state index contributed by atoms with van der Waals surface area (Å²) >= 11 is 0. The molecule has 0 unspecified atom stereocenters. The molecule has 2 heteroatoms. The number of nitrogens with zero attached hydrogens (tertiary/aromatic N) is 1. The summed E-state index contributed by atoms with van der Waals surface area (Å²) in [7, 11) is 0. The molecular weight excluding hydrogens is 366 g/mol. The minimum Gasteiger partial charge on any atom is -0.375 e. The normalized spacial score (nSPS) is 25.5. The Kier molecular flexibility index (Phi) is 5.62. The average Bonchev–Trinajstić information content (AvgIpc) is 3.16. The molecule has 5 rings (SSSR count). The predicted octanol–water partition coefficient (Wildman–Crippen LogP) is 6.64. The van der Waals surface area contributed by atoms with Gasteiger partial charge in [0, 0.05) is 24.7 Å². The second-order valence-electron chi connectivity index (χ2n) is 10.1. The van der Waals surface area contributed by atoms with Gasteiger partial charge in [-0.15, -0.1) is 0 Å². The molecule has 2 fully saturated rings. The number of ether oxygens (including phenoxy) is 1. The van der Waals surface area contributed by atoms with Crippen LogP contribution >= 0.6 is 0 Å². The Balaban J connectivity index is 1.25. The van der Waals surface area contributed by atoms with Crippen LogP contribution in [-0.4, -0.2) is 25.3 Å². The van der Waals surface area contributed by atoms with Crippen LogP contribution in [0.1, 0.15) is 80.0 Å². The predicted molar refractivity (Wildman–Crippen MR) is 126 cm³/mol. The lowest BCUT2D eigenvalue weighted by Crippen LogP contribution is -2.44. The van der Waals surface area contributed by atoms with Crippen molar-refractivity contribution in [3.8, 4) is 0 Å². The molecule has 30 heavy (non-hydrogen) atoms. The number of rotatable bonds is 4. The van der Waals surface area contributed by atoms with E-state index in [0.717, 1.165) is 25.6 Å². The fourth-order valence-electron chi connectivity index (χ4n) is 6.26. The van der Waals surface area contributed by atoms with E-state index in [1.165, 1.54) is 68.2 Å². The fraction of sp³-hybridized carbons (Fsp3) is 0.571. The van der Waals surface area contributed by atoms with Crippen LogP contribution in [0.15, 0.2) is 42.5 Å². The van der Waals surface area contributed by atoms with Gasteiger partial charge in [0.15, 0.2) is 0 Å². The van der Waals surface area contributed by atoms with Crippen molar-refractivity contribution in [2.24, 2.45) is 5.92 Å². The maximum absolute atomic E-state index is 6.34. The van der Waals surface area contributed by atoms with E-state index in [9.17, 15) is 0 Å². The smallest absolute Gasteiger partial charge is 0.0719 e. The van der Waals surface area contributed by atoms with E-state index in [-0.39, 0.29) is 5.60 Å². The minimum absolute atomic E-state index is 0.181. The molecular formula is C28H37NO. The molecule has 2 aromatic rings. The van der Waals surface area contributed by atoms with Gasteiger partial charge in [0.1, 0.15) is 0 Å². The number of hydrogen-bond acceptors (Lipinski definition) is 2. The zero-order chi connectivity index (χ0) is 20.6. The zero-order valence-electron chi connectivity index (χ0n) is 18.8. The van der Waals surface area contributed by atoms with Crippen molar-refractivity contribution < 1.29 is 4.74 Å². The summed E-state index contributed by atoms with van der Waals surface area (Å²) < 4.78 is 6.34. The van der Waals surface area contributed by atoms with E-state index in [4.69, 9.17) is 4.74 Å². The standard InChI is InChI=1S/C28H37NO/c1-3-5-22-19-28(30-20-22)14-16-29(17-15-28)25-11-9-23(10-12-25)26-7-4-6-24-18-21(2)8-13-27(24)26/h8-13,18,22,26H,3-7,14-17,19-20H2,1-2H3/t22-,26-/m0/s1. The van der Waals surface area contributed by atoms with E-state index in [1.807, 2.05) is 0 Å². The first-order valence-electron chi connectivity index (χ1n) is 12.2. The molecule has 1 aliphatic carbocycles. The second kappa shape index (κ2) is 8.38. The van der Waals surface area contributed by atoms with Crippen molar-refractivity contribution >= 4 is 5.69 Å². The molecule has 2 heterocycles. The van der Waals surface area contributed by atoms with Gasteiger partial charge in [-0.1, -0.05) is 49.2 Å². The molecule has 0 bridgehead atoms. The molecule has 1 spiro atoms. The molecule has 0 N–H and O–H groups in total. The summed E-state index contributed by atoms with van der Waals surface area (Å²) in [5.74, 6) is 1.36. The van der Waals surface area contributed by atoms with Crippen LogP contribution in [0.25, 0.3) is 0 Å². The number of fused-ring (bicyclic) bond motifs is 1. The first-order valence-corrected chi connectivity index (χ1v) is 12.2. The van der Waals surface area contributed by atoms with E-state index in [0.29, 0.717) is 5.92 Å². The van der Waals surface area contributed by atoms with Gasteiger partial charge >= 0.3 is 0 Å². The Bertz CT molecular complexity index is 863. The van der Waals surface area contributed by atoms with Gasteiger partial charge < -0.3 is 9.64 Å². The third kappa shape index (κ3) is 3.91. The summed E-state index contributed by atoms with van der Waals surface area (Å²) in [5.41, 5.74) is 7.56. The number of anilines is 1. The maximum Gasteiger partial charge on any atom is 0.0719 e. The Labute approximate surface area is 182 Å². The lowest BCUT2D eigenvalue weighted by Gasteiger charge is -2.40. The first kappa shape index (κ1) is 20.1.